The van der Waals surface area contributed by atoms with Crippen molar-refractivity contribution in [2.24, 2.45) is 0 Å². The zero-order valence-corrected chi connectivity index (χ0v) is 12.4. The lowest BCUT2D eigenvalue weighted by atomic mass is 10.1. The van der Waals surface area contributed by atoms with Gasteiger partial charge in [-0.25, -0.2) is 9.78 Å². The van der Waals surface area contributed by atoms with Crippen molar-refractivity contribution < 1.29 is 4.79 Å². The fourth-order valence-corrected chi connectivity index (χ4v) is 2.37. The van der Waals surface area contributed by atoms with E-state index in [4.69, 9.17) is 0 Å². The quantitative estimate of drug-likeness (QED) is 0.831. The number of aromatic nitrogens is 1. The monoisotopic (exact) mass is 262 g/mol. The van der Waals surface area contributed by atoms with E-state index in [1.165, 1.54) is 5.56 Å². The fourth-order valence-electron chi connectivity index (χ4n) is 2.37. The van der Waals surface area contributed by atoms with E-state index in [-0.39, 0.29) is 6.03 Å². The summed E-state index contributed by atoms with van der Waals surface area (Å²) >= 11 is 0. The number of rotatable bonds is 3. The van der Waals surface area contributed by atoms with Crippen LogP contribution in [0.25, 0.3) is 0 Å². The molecule has 0 aromatic carbocycles. The molecule has 0 saturated heterocycles. The maximum atomic E-state index is 12.3. The summed E-state index contributed by atoms with van der Waals surface area (Å²) in [4.78, 5) is 22.5. The van der Waals surface area contributed by atoms with E-state index >= 15 is 0 Å². The van der Waals surface area contributed by atoms with Crippen LogP contribution in [0.2, 0.25) is 0 Å². The topological polar surface area (TPSA) is 39.7 Å². The summed E-state index contributed by atoms with van der Waals surface area (Å²) in [5.41, 5.74) is 3.33. The molecule has 0 unspecified atom stereocenters. The van der Waals surface area contributed by atoms with Crippen LogP contribution in [-0.2, 0) is 6.54 Å². The number of urea groups is 1. The van der Waals surface area contributed by atoms with Crippen LogP contribution in [0.4, 0.5) is 10.6 Å². The van der Waals surface area contributed by atoms with Gasteiger partial charge in [-0.15, -0.1) is 0 Å². The van der Waals surface area contributed by atoms with Crippen molar-refractivity contribution in [2.75, 3.05) is 39.1 Å². The van der Waals surface area contributed by atoms with Crippen LogP contribution < -0.4 is 4.90 Å². The molecule has 5 heteroatoms. The van der Waals surface area contributed by atoms with E-state index in [0.717, 1.165) is 23.6 Å². The van der Waals surface area contributed by atoms with Crippen LogP contribution in [0.1, 0.15) is 16.8 Å². The third-order valence-corrected chi connectivity index (χ3v) is 3.43. The molecular weight excluding hydrogens is 240 g/mol. The van der Waals surface area contributed by atoms with Gasteiger partial charge in [-0.2, -0.15) is 0 Å². The molecule has 104 valence electrons. The van der Waals surface area contributed by atoms with Gasteiger partial charge in [0.05, 0.1) is 6.54 Å². The molecule has 2 rings (SSSR count). The minimum atomic E-state index is 0.0341. The molecule has 1 aromatic rings. The van der Waals surface area contributed by atoms with Crippen LogP contribution in [0.5, 0.6) is 0 Å². The van der Waals surface area contributed by atoms with E-state index in [1.54, 1.807) is 9.80 Å². The molecule has 0 radical (unpaired) electrons. The van der Waals surface area contributed by atoms with E-state index in [0.29, 0.717) is 13.1 Å². The van der Waals surface area contributed by atoms with Gasteiger partial charge in [0, 0.05) is 31.4 Å². The number of nitrogens with zero attached hydrogens (tertiary/aromatic N) is 4. The van der Waals surface area contributed by atoms with Crippen molar-refractivity contribution >= 4 is 11.8 Å². The average molecular weight is 262 g/mol. The lowest BCUT2D eigenvalue weighted by Crippen LogP contribution is -2.48. The number of aryl methyl sites for hydroxylation is 2. The van der Waals surface area contributed by atoms with Crippen LogP contribution in [-0.4, -0.2) is 55.0 Å². The lowest BCUT2D eigenvalue weighted by Gasteiger charge is -2.35. The smallest absolute Gasteiger partial charge is 0.323 e. The molecule has 1 aromatic heterocycles. The minimum Gasteiger partial charge on any atom is -0.323 e. The number of amides is 2. The number of carbonyl (C=O) groups is 1. The summed E-state index contributed by atoms with van der Waals surface area (Å²) in [5.74, 6) is 0.836. The fraction of sp³-hybridized carbons (Fsp3) is 0.571. The number of hydrogen-bond donors (Lipinski definition) is 0. The highest BCUT2D eigenvalue weighted by atomic mass is 16.2. The number of fused-ring (bicyclic) bond motifs is 1. The number of hydrogen-bond acceptors (Lipinski definition) is 3. The van der Waals surface area contributed by atoms with E-state index in [9.17, 15) is 4.79 Å². The third kappa shape index (κ3) is 2.71. The first-order valence-electron chi connectivity index (χ1n) is 6.54. The van der Waals surface area contributed by atoms with Gasteiger partial charge in [0.2, 0.25) is 0 Å². The Hall–Kier alpha value is -1.62. The molecule has 1 aliphatic heterocycles. The molecule has 0 spiro atoms. The standard InChI is InChI=1S/C14H22N4O/c1-10-8-11(2)15-13-12(10)9-17(5)14(19)18(13)7-6-16(3)4/h8H,6-7,9H2,1-5H3. The Morgan fingerprint density at radius 3 is 2.68 bits per heavy atom. The maximum Gasteiger partial charge on any atom is 0.325 e. The minimum absolute atomic E-state index is 0.0341. The van der Waals surface area contributed by atoms with Crippen LogP contribution in [0.3, 0.4) is 0 Å². The van der Waals surface area contributed by atoms with Crippen molar-refractivity contribution in [3.63, 3.8) is 0 Å². The van der Waals surface area contributed by atoms with Gasteiger partial charge in [0.1, 0.15) is 5.82 Å². The predicted octanol–water partition coefficient (Wildman–Crippen LogP) is 1.63. The largest absolute Gasteiger partial charge is 0.325 e. The highest BCUT2D eigenvalue weighted by Gasteiger charge is 2.30. The third-order valence-electron chi connectivity index (χ3n) is 3.43. The highest BCUT2D eigenvalue weighted by Crippen LogP contribution is 2.28. The Morgan fingerprint density at radius 2 is 2.05 bits per heavy atom. The SMILES string of the molecule is Cc1cc(C)c2c(n1)N(CCN(C)C)C(=O)N(C)C2. The van der Waals surface area contributed by atoms with Crippen molar-refractivity contribution in [3.05, 3.63) is 22.9 Å². The first-order valence-corrected chi connectivity index (χ1v) is 6.54. The van der Waals surface area contributed by atoms with Crippen LogP contribution >= 0.6 is 0 Å². The van der Waals surface area contributed by atoms with Crippen molar-refractivity contribution in [1.82, 2.24) is 14.8 Å². The molecule has 0 N–H and O–H groups in total. The summed E-state index contributed by atoms with van der Waals surface area (Å²) in [6, 6.07) is 2.11. The molecule has 0 fully saturated rings. The number of anilines is 1. The van der Waals surface area contributed by atoms with Crippen molar-refractivity contribution in [3.8, 4) is 0 Å². The zero-order valence-electron chi connectivity index (χ0n) is 12.4. The summed E-state index contributed by atoms with van der Waals surface area (Å²) in [7, 11) is 5.86. The normalized spacial score (nSPS) is 15.2. The first-order chi connectivity index (χ1) is 8.90. The van der Waals surface area contributed by atoms with Gasteiger partial charge in [-0.1, -0.05) is 0 Å². The number of pyridine rings is 1. The Kier molecular flexibility index (Phi) is 3.75. The van der Waals surface area contributed by atoms with E-state index < -0.39 is 0 Å². The molecular formula is C14H22N4O. The molecule has 0 aliphatic carbocycles. The first kappa shape index (κ1) is 13.8. The van der Waals surface area contributed by atoms with Crippen LogP contribution in [0.15, 0.2) is 6.07 Å². The highest BCUT2D eigenvalue weighted by molar-refractivity contribution is 5.93. The second kappa shape index (κ2) is 5.17. The van der Waals surface area contributed by atoms with E-state index in [2.05, 4.69) is 22.9 Å². The van der Waals surface area contributed by atoms with Gasteiger partial charge >= 0.3 is 6.03 Å². The second-order valence-corrected chi connectivity index (χ2v) is 5.48. The summed E-state index contributed by atoms with van der Waals surface area (Å²) < 4.78 is 0. The molecule has 1 aliphatic rings. The number of carbonyl (C=O) groups excluding carboxylic acids is 1. The summed E-state index contributed by atoms with van der Waals surface area (Å²) in [6.07, 6.45) is 0. The van der Waals surface area contributed by atoms with Gasteiger partial charge in [-0.05, 0) is 39.6 Å². The Bertz CT molecular complexity index is 498. The second-order valence-electron chi connectivity index (χ2n) is 5.48. The van der Waals surface area contributed by atoms with Crippen molar-refractivity contribution in [2.45, 2.75) is 20.4 Å². The Morgan fingerprint density at radius 1 is 1.37 bits per heavy atom. The molecule has 0 bridgehead atoms. The molecule has 5 nitrogen and oxygen atoms in total. The van der Waals surface area contributed by atoms with Gasteiger partial charge in [0.25, 0.3) is 0 Å². The van der Waals surface area contributed by atoms with E-state index in [1.807, 2.05) is 28.1 Å². The number of likely N-dealkylation sites (N-methyl/N-ethyl adjacent to an activating group) is 1. The molecule has 0 saturated carbocycles. The molecule has 0 atom stereocenters. The Labute approximate surface area is 114 Å². The Balaban J connectivity index is 2.40. The van der Waals surface area contributed by atoms with Crippen LogP contribution in [0, 0.1) is 13.8 Å². The van der Waals surface area contributed by atoms with Gasteiger partial charge in [-0.3, -0.25) is 4.90 Å². The van der Waals surface area contributed by atoms with Gasteiger partial charge < -0.3 is 9.80 Å². The summed E-state index contributed by atoms with van der Waals surface area (Å²) in [6.45, 7) is 6.19. The lowest BCUT2D eigenvalue weighted by molar-refractivity contribution is 0.209. The van der Waals surface area contributed by atoms with Crippen molar-refractivity contribution in [1.29, 1.82) is 0 Å². The maximum absolute atomic E-state index is 12.3. The molecule has 19 heavy (non-hydrogen) atoms. The summed E-state index contributed by atoms with van der Waals surface area (Å²) in [5, 5.41) is 0. The predicted molar refractivity (Wildman–Crippen MR) is 76.5 cm³/mol. The van der Waals surface area contributed by atoms with Gasteiger partial charge in [0.15, 0.2) is 0 Å². The average Bonchev–Trinajstić information content (AvgIpc) is 2.31. The zero-order chi connectivity index (χ0) is 14.2. The molecule has 2 amide bonds. The molecule has 2 heterocycles.